The molecule has 0 spiro atoms. The summed E-state index contributed by atoms with van der Waals surface area (Å²) in [6.07, 6.45) is -2.15. The van der Waals surface area contributed by atoms with Crippen molar-refractivity contribution in [3.63, 3.8) is 0 Å². The first-order valence-corrected chi connectivity index (χ1v) is 6.50. The number of hydrogen-bond donors (Lipinski definition) is 1. The lowest BCUT2D eigenvalue weighted by molar-refractivity contribution is -0.325. The molecule has 18 heavy (non-hydrogen) atoms. The molecule has 2 fully saturated rings. The molecule has 1 N–H and O–H groups in total. The fraction of sp³-hybridized carbons (Fsp3) is 1.00. The van der Waals surface area contributed by atoms with Crippen LogP contribution in [0.15, 0.2) is 0 Å². The Morgan fingerprint density at radius 2 is 2.06 bits per heavy atom. The number of hydrogen-bond acceptors (Lipinski definition) is 3. The molecule has 1 aliphatic carbocycles. The molecular weight excluding hydrogens is 245 g/mol. The average molecular weight is 266 g/mol. The fourth-order valence-electron chi connectivity index (χ4n) is 2.82. The number of rotatable bonds is 4. The Hall–Kier alpha value is -0.330. The molecule has 6 heteroatoms. The van der Waals surface area contributed by atoms with Gasteiger partial charge in [-0.15, -0.1) is 13.2 Å². The van der Waals surface area contributed by atoms with Gasteiger partial charge in [0.25, 0.3) is 0 Å². The molecule has 106 valence electrons. The van der Waals surface area contributed by atoms with Gasteiger partial charge in [-0.1, -0.05) is 0 Å². The van der Waals surface area contributed by atoms with Crippen LogP contribution in [-0.4, -0.2) is 49.1 Å². The maximum Gasteiger partial charge on any atom is 0.522 e. The van der Waals surface area contributed by atoms with Crippen LogP contribution >= 0.6 is 0 Å². The lowest BCUT2D eigenvalue weighted by atomic mass is 9.90. The first-order chi connectivity index (χ1) is 8.31. The second-order valence-corrected chi connectivity index (χ2v) is 5.65. The minimum Gasteiger partial charge on any atom is -0.311 e. The number of nitrogens with one attached hydrogen (secondary N) is 1. The molecular formula is C12H21F3N2O. The average Bonchev–Trinajstić information content (AvgIpc) is 3.05. The van der Waals surface area contributed by atoms with Gasteiger partial charge in [-0.05, 0) is 32.6 Å². The van der Waals surface area contributed by atoms with E-state index in [2.05, 4.69) is 28.8 Å². The number of halogens is 3. The molecule has 0 aromatic carbocycles. The Balaban J connectivity index is 1.89. The normalized spacial score (nSPS) is 34.8. The smallest absolute Gasteiger partial charge is 0.311 e. The highest BCUT2D eigenvalue weighted by atomic mass is 19.4. The first kappa shape index (κ1) is 14.1. The van der Waals surface area contributed by atoms with Gasteiger partial charge in [0.15, 0.2) is 0 Å². The van der Waals surface area contributed by atoms with E-state index < -0.39 is 6.36 Å². The van der Waals surface area contributed by atoms with Crippen molar-refractivity contribution in [2.24, 2.45) is 5.92 Å². The Morgan fingerprint density at radius 3 is 2.61 bits per heavy atom. The van der Waals surface area contributed by atoms with Gasteiger partial charge in [-0.3, -0.25) is 9.64 Å². The van der Waals surface area contributed by atoms with Crippen molar-refractivity contribution in [1.29, 1.82) is 0 Å². The molecule has 2 atom stereocenters. The molecule has 0 amide bonds. The van der Waals surface area contributed by atoms with E-state index in [-0.39, 0.29) is 12.1 Å². The first-order valence-electron chi connectivity index (χ1n) is 6.50. The van der Waals surface area contributed by atoms with Crippen LogP contribution < -0.4 is 5.32 Å². The standard InChI is InChI=1S/C12H21F3N2O/c1-9-7-17(5-6-18-12(13,14)15)11(2,8-16-9)10-3-4-10/h9-10,16H,3-8H2,1-2H3. The molecule has 0 aromatic heterocycles. The minimum atomic E-state index is -4.52. The van der Waals surface area contributed by atoms with E-state index in [1.165, 1.54) is 12.8 Å². The van der Waals surface area contributed by atoms with Gasteiger partial charge in [-0.2, -0.15) is 0 Å². The monoisotopic (exact) mass is 266 g/mol. The zero-order valence-electron chi connectivity index (χ0n) is 10.9. The lowest BCUT2D eigenvalue weighted by Crippen LogP contribution is -2.64. The van der Waals surface area contributed by atoms with E-state index in [0.29, 0.717) is 18.5 Å². The SMILES string of the molecule is CC1CN(CCOC(F)(F)F)C(C)(C2CC2)CN1. The molecule has 2 aliphatic rings. The largest absolute Gasteiger partial charge is 0.522 e. The van der Waals surface area contributed by atoms with Crippen molar-refractivity contribution in [2.45, 2.75) is 44.6 Å². The van der Waals surface area contributed by atoms with E-state index in [1.807, 2.05) is 0 Å². The van der Waals surface area contributed by atoms with Crippen molar-refractivity contribution in [3.05, 3.63) is 0 Å². The molecule has 3 nitrogen and oxygen atoms in total. The summed E-state index contributed by atoms with van der Waals surface area (Å²) in [5.41, 5.74) is -0.0124. The number of piperazine rings is 1. The molecule has 0 radical (unpaired) electrons. The highest BCUT2D eigenvalue weighted by molar-refractivity contribution is 5.04. The summed E-state index contributed by atoms with van der Waals surface area (Å²) >= 11 is 0. The van der Waals surface area contributed by atoms with Gasteiger partial charge in [0.2, 0.25) is 0 Å². The van der Waals surface area contributed by atoms with Crippen LogP contribution in [0.5, 0.6) is 0 Å². The van der Waals surface area contributed by atoms with Gasteiger partial charge < -0.3 is 5.32 Å². The summed E-state index contributed by atoms with van der Waals surface area (Å²) in [7, 11) is 0. The molecule has 1 saturated heterocycles. The van der Waals surface area contributed by atoms with E-state index in [1.54, 1.807) is 0 Å². The molecule has 1 saturated carbocycles. The van der Waals surface area contributed by atoms with Crippen LogP contribution in [0.2, 0.25) is 0 Å². The number of ether oxygens (including phenoxy) is 1. The maximum absolute atomic E-state index is 12.0. The number of nitrogens with zero attached hydrogens (tertiary/aromatic N) is 1. The highest BCUT2D eigenvalue weighted by Crippen LogP contribution is 2.43. The predicted molar refractivity (Wildman–Crippen MR) is 62.2 cm³/mol. The third kappa shape index (κ3) is 3.36. The summed E-state index contributed by atoms with van der Waals surface area (Å²) in [6, 6.07) is 0.322. The van der Waals surface area contributed by atoms with Crippen molar-refractivity contribution in [2.75, 3.05) is 26.2 Å². The molecule has 0 bridgehead atoms. The Labute approximate surface area is 106 Å². The third-order valence-electron chi connectivity index (χ3n) is 4.11. The van der Waals surface area contributed by atoms with E-state index in [9.17, 15) is 13.2 Å². The van der Waals surface area contributed by atoms with Crippen LogP contribution in [0.1, 0.15) is 26.7 Å². The predicted octanol–water partition coefficient (Wildman–Crippen LogP) is 1.99. The fourth-order valence-corrected chi connectivity index (χ4v) is 2.82. The van der Waals surface area contributed by atoms with Crippen LogP contribution in [-0.2, 0) is 4.74 Å². The summed E-state index contributed by atoms with van der Waals surface area (Å²) in [5.74, 6) is 0.614. The van der Waals surface area contributed by atoms with Crippen molar-refractivity contribution in [1.82, 2.24) is 10.2 Å². The van der Waals surface area contributed by atoms with Crippen molar-refractivity contribution < 1.29 is 17.9 Å². The van der Waals surface area contributed by atoms with E-state index in [4.69, 9.17) is 0 Å². The third-order valence-corrected chi connectivity index (χ3v) is 4.11. The molecule has 0 aromatic rings. The zero-order valence-corrected chi connectivity index (χ0v) is 10.9. The molecule has 1 heterocycles. The molecule has 1 aliphatic heterocycles. The van der Waals surface area contributed by atoms with Crippen LogP contribution in [0, 0.1) is 5.92 Å². The van der Waals surface area contributed by atoms with Gasteiger partial charge in [-0.25, -0.2) is 0 Å². The van der Waals surface area contributed by atoms with Crippen LogP contribution in [0.3, 0.4) is 0 Å². The van der Waals surface area contributed by atoms with E-state index >= 15 is 0 Å². The van der Waals surface area contributed by atoms with E-state index in [0.717, 1.165) is 13.1 Å². The molecule has 2 rings (SSSR count). The second kappa shape index (κ2) is 4.98. The Kier molecular flexibility index (Phi) is 3.90. The van der Waals surface area contributed by atoms with Gasteiger partial charge in [0, 0.05) is 31.2 Å². The summed E-state index contributed by atoms with van der Waals surface area (Å²) in [5, 5.41) is 3.43. The minimum absolute atomic E-state index is 0.0124. The highest BCUT2D eigenvalue weighted by Gasteiger charge is 2.47. The van der Waals surface area contributed by atoms with Crippen molar-refractivity contribution in [3.8, 4) is 0 Å². The lowest BCUT2D eigenvalue weighted by Gasteiger charge is -2.48. The Morgan fingerprint density at radius 1 is 1.39 bits per heavy atom. The summed E-state index contributed by atoms with van der Waals surface area (Å²) in [4.78, 5) is 2.16. The van der Waals surface area contributed by atoms with Gasteiger partial charge >= 0.3 is 6.36 Å². The van der Waals surface area contributed by atoms with Crippen molar-refractivity contribution >= 4 is 0 Å². The van der Waals surface area contributed by atoms with Gasteiger partial charge in [0.05, 0.1) is 6.61 Å². The van der Waals surface area contributed by atoms with Crippen LogP contribution in [0.4, 0.5) is 13.2 Å². The molecule has 2 unspecified atom stereocenters. The topological polar surface area (TPSA) is 24.5 Å². The Bertz CT molecular complexity index is 294. The van der Waals surface area contributed by atoms with Crippen LogP contribution in [0.25, 0.3) is 0 Å². The maximum atomic E-state index is 12.0. The summed E-state index contributed by atoms with van der Waals surface area (Å²) < 4.78 is 39.9. The summed E-state index contributed by atoms with van der Waals surface area (Å²) in [6.45, 7) is 5.91. The number of alkyl halides is 3. The zero-order chi connectivity index (χ0) is 13.4. The quantitative estimate of drug-likeness (QED) is 0.842. The van der Waals surface area contributed by atoms with Gasteiger partial charge in [0.1, 0.15) is 0 Å². The second-order valence-electron chi connectivity index (χ2n) is 5.65.